The molecule has 1 fully saturated rings. The number of nitrogens with zero attached hydrogens (tertiary/aromatic N) is 1. The van der Waals surface area contributed by atoms with Crippen LogP contribution in [0, 0.1) is 0 Å². The van der Waals surface area contributed by atoms with Crippen molar-refractivity contribution in [3.05, 3.63) is 221 Å². The van der Waals surface area contributed by atoms with Gasteiger partial charge in [-0.1, -0.05) is 212 Å². The van der Waals surface area contributed by atoms with E-state index in [9.17, 15) is 0 Å². The molecule has 1 heteroatoms. The van der Waals surface area contributed by atoms with Crippen LogP contribution in [0.4, 0.5) is 17.1 Å². The molecular formula is C61H59N. The number of fused-ring (bicyclic) bond motifs is 4. The SMILES string of the molecule is CC(C)(C)c1cc(N(c2ccc3c(c2)C(c2ccccc2)(c2ccccc2)c2ccccc2-3)c2ccccc2-c2cccc3cccc(C4CCCCC4)c23)cc(C(C)(C)C)c1. The number of hydrogen-bond acceptors (Lipinski definition) is 1. The van der Waals surface area contributed by atoms with Crippen molar-refractivity contribution in [1.29, 1.82) is 0 Å². The van der Waals surface area contributed by atoms with Crippen molar-refractivity contribution in [3.8, 4) is 22.3 Å². The highest BCUT2D eigenvalue weighted by molar-refractivity contribution is 6.03. The molecule has 308 valence electrons. The Kier molecular flexibility index (Phi) is 10.1. The Balaban J connectivity index is 1.29. The second-order valence-electron chi connectivity index (χ2n) is 20.0. The molecule has 1 nitrogen and oxygen atoms in total. The summed E-state index contributed by atoms with van der Waals surface area (Å²) in [5.41, 5.74) is 17.4. The van der Waals surface area contributed by atoms with E-state index in [0.29, 0.717) is 5.92 Å². The Hall–Kier alpha value is -6.18. The van der Waals surface area contributed by atoms with Crippen LogP contribution < -0.4 is 4.90 Å². The number of anilines is 3. The molecule has 2 aliphatic rings. The second kappa shape index (κ2) is 15.6. The van der Waals surface area contributed by atoms with Gasteiger partial charge in [-0.15, -0.1) is 0 Å². The van der Waals surface area contributed by atoms with Gasteiger partial charge in [0.1, 0.15) is 0 Å². The Morgan fingerprint density at radius 2 is 0.984 bits per heavy atom. The molecule has 0 aromatic heterocycles. The predicted octanol–water partition coefficient (Wildman–Crippen LogP) is 17.0. The summed E-state index contributed by atoms with van der Waals surface area (Å²) in [5.74, 6) is 0.581. The van der Waals surface area contributed by atoms with Crippen molar-refractivity contribution in [2.75, 3.05) is 4.90 Å². The molecule has 1 saturated carbocycles. The van der Waals surface area contributed by atoms with Gasteiger partial charge in [0.05, 0.1) is 11.1 Å². The van der Waals surface area contributed by atoms with E-state index >= 15 is 0 Å². The summed E-state index contributed by atoms with van der Waals surface area (Å²) in [6, 6.07) is 69.4. The largest absolute Gasteiger partial charge is 0.310 e. The Labute approximate surface area is 370 Å². The second-order valence-corrected chi connectivity index (χ2v) is 20.0. The first-order valence-corrected chi connectivity index (χ1v) is 23.0. The highest BCUT2D eigenvalue weighted by atomic mass is 15.1. The normalized spacial score (nSPS) is 15.0. The van der Waals surface area contributed by atoms with E-state index in [1.165, 1.54) is 115 Å². The fraction of sp³-hybridized carbons (Fsp3) is 0.246. The first-order valence-electron chi connectivity index (χ1n) is 23.0. The quantitative estimate of drug-likeness (QED) is 0.155. The fourth-order valence-electron chi connectivity index (χ4n) is 10.8. The molecule has 0 bridgehead atoms. The molecule has 0 unspecified atom stereocenters. The number of benzene rings is 8. The average molecular weight is 806 g/mol. The average Bonchev–Trinajstić information content (AvgIpc) is 3.59. The van der Waals surface area contributed by atoms with E-state index in [-0.39, 0.29) is 10.8 Å². The molecule has 8 aromatic carbocycles. The van der Waals surface area contributed by atoms with E-state index in [0.717, 1.165) is 5.69 Å². The molecule has 0 aliphatic heterocycles. The summed E-state index contributed by atoms with van der Waals surface area (Å²) in [7, 11) is 0. The van der Waals surface area contributed by atoms with E-state index in [2.05, 4.69) is 228 Å². The Morgan fingerprint density at radius 3 is 1.63 bits per heavy atom. The lowest BCUT2D eigenvalue weighted by Crippen LogP contribution is -2.28. The maximum atomic E-state index is 2.59. The van der Waals surface area contributed by atoms with E-state index in [4.69, 9.17) is 0 Å². The highest BCUT2D eigenvalue weighted by Crippen LogP contribution is 2.58. The van der Waals surface area contributed by atoms with Gasteiger partial charge in [0.15, 0.2) is 0 Å². The Morgan fingerprint density at radius 1 is 0.435 bits per heavy atom. The van der Waals surface area contributed by atoms with Crippen molar-refractivity contribution in [1.82, 2.24) is 0 Å². The molecule has 0 atom stereocenters. The monoisotopic (exact) mass is 805 g/mol. The summed E-state index contributed by atoms with van der Waals surface area (Å²) in [6.07, 6.45) is 6.49. The lowest BCUT2D eigenvalue weighted by Gasteiger charge is -2.36. The minimum atomic E-state index is -0.510. The van der Waals surface area contributed by atoms with Gasteiger partial charge in [0, 0.05) is 16.9 Å². The van der Waals surface area contributed by atoms with Gasteiger partial charge in [-0.25, -0.2) is 0 Å². The van der Waals surface area contributed by atoms with E-state index < -0.39 is 5.41 Å². The third-order valence-electron chi connectivity index (χ3n) is 14.0. The van der Waals surface area contributed by atoms with Crippen LogP contribution in [-0.2, 0) is 16.2 Å². The predicted molar refractivity (Wildman–Crippen MR) is 265 cm³/mol. The zero-order valence-corrected chi connectivity index (χ0v) is 37.4. The molecule has 0 radical (unpaired) electrons. The fourth-order valence-corrected chi connectivity index (χ4v) is 10.8. The van der Waals surface area contributed by atoms with Crippen molar-refractivity contribution in [2.45, 2.75) is 95.8 Å². The van der Waals surface area contributed by atoms with E-state index in [1.54, 1.807) is 0 Å². The van der Waals surface area contributed by atoms with Gasteiger partial charge in [-0.05, 0) is 126 Å². The molecular weight excluding hydrogens is 747 g/mol. The van der Waals surface area contributed by atoms with Crippen LogP contribution in [-0.4, -0.2) is 0 Å². The number of para-hydroxylation sites is 1. The Bertz CT molecular complexity index is 2820. The van der Waals surface area contributed by atoms with Crippen LogP contribution in [0.25, 0.3) is 33.0 Å². The molecule has 10 rings (SSSR count). The zero-order valence-electron chi connectivity index (χ0n) is 37.4. The van der Waals surface area contributed by atoms with Crippen molar-refractivity contribution in [3.63, 3.8) is 0 Å². The standard InChI is InChI=1S/C61H59N/c1-59(2,3)46-38-47(60(4,5)6)40-49(39-46)62(57-35-19-17-31-53(57)54-33-21-25-43-24-20-32-50(58(43)54)42-22-10-7-11-23-42)48-36-37-52-51-30-16-18-34-55(51)61(56(52)41-48,44-26-12-8-13-27-44)45-28-14-9-15-29-45/h8-9,12-21,24-42H,7,10-11,22-23H2,1-6H3. The molecule has 8 aromatic rings. The molecule has 2 aliphatic carbocycles. The van der Waals surface area contributed by atoms with Crippen LogP contribution in [0.3, 0.4) is 0 Å². The van der Waals surface area contributed by atoms with Crippen molar-refractivity contribution >= 4 is 27.8 Å². The summed E-state index contributed by atoms with van der Waals surface area (Å²) >= 11 is 0. The first-order chi connectivity index (χ1) is 30.0. The maximum Gasteiger partial charge on any atom is 0.0714 e. The number of rotatable bonds is 7. The molecule has 62 heavy (non-hydrogen) atoms. The molecule has 0 heterocycles. The van der Waals surface area contributed by atoms with Gasteiger partial charge in [0.2, 0.25) is 0 Å². The van der Waals surface area contributed by atoms with Gasteiger partial charge in [0.25, 0.3) is 0 Å². The highest BCUT2D eigenvalue weighted by Gasteiger charge is 2.46. The van der Waals surface area contributed by atoms with Crippen LogP contribution >= 0.6 is 0 Å². The summed E-state index contributed by atoms with van der Waals surface area (Å²) in [5, 5.41) is 2.73. The van der Waals surface area contributed by atoms with Crippen LogP contribution in [0.15, 0.2) is 182 Å². The lowest BCUT2D eigenvalue weighted by molar-refractivity contribution is 0.445. The third kappa shape index (κ3) is 6.78. The zero-order chi connectivity index (χ0) is 42.6. The molecule has 0 saturated heterocycles. The topological polar surface area (TPSA) is 3.24 Å². The van der Waals surface area contributed by atoms with Gasteiger partial charge in [-0.2, -0.15) is 0 Å². The first kappa shape index (κ1) is 39.9. The molecule has 0 spiro atoms. The minimum absolute atomic E-state index is 0.0545. The number of hydrogen-bond donors (Lipinski definition) is 0. The minimum Gasteiger partial charge on any atom is -0.310 e. The third-order valence-corrected chi connectivity index (χ3v) is 14.0. The smallest absolute Gasteiger partial charge is 0.0714 e. The van der Waals surface area contributed by atoms with Crippen molar-refractivity contribution < 1.29 is 0 Å². The molecule has 0 N–H and O–H groups in total. The van der Waals surface area contributed by atoms with Crippen LogP contribution in [0.5, 0.6) is 0 Å². The van der Waals surface area contributed by atoms with Crippen LogP contribution in [0.2, 0.25) is 0 Å². The summed E-state index contributed by atoms with van der Waals surface area (Å²) < 4.78 is 0. The van der Waals surface area contributed by atoms with Crippen molar-refractivity contribution in [2.24, 2.45) is 0 Å². The summed E-state index contributed by atoms with van der Waals surface area (Å²) in [6.45, 7) is 14.1. The lowest BCUT2D eigenvalue weighted by atomic mass is 9.67. The van der Waals surface area contributed by atoms with Gasteiger partial charge >= 0.3 is 0 Å². The maximum absolute atomic E-state index is 2.59. The van der Waals surface area contributed by atoms with E-state index in [1.807, 2.05) is 0 Å². The summed E-state index contributed by atoms with van der Waals surface area (Å²) in [4.78, 5) is 2.59. The van der Waals surface area contributed by atoms with Gasteiger partial charge < -0.3 is 4.90 Å². The molecule has 0 amide bonds. The van der Waals surface area contributed by atoms with Gasteiger partial charge in [-0.3, -0.25) is 0 Å². The van der Waals surface area contributed by atoms with Crippen LogP contribution in [0.1, 0.15) is 119 Å².